The highest BCUT2D eigenvalue weighted by molar-refractivity contribution is 7.80. The van der Waals surface area contributed by atoms with Gasteiger partial charge in [0.05, 0.1) is 22.7 Å². The Hall–Kier alpha value is -3.37. The van der Waals surface area contributed by atoms with Crippen LogP contribution in [0.2, 0.25) is 10.0 Å². The van der Waals surface area contributed by atoms with E-state index >= 15 is 0 Å². The maximum atomic E-state index is 12.6. The van der Waals surface area contributed by atoms with Crippen LogP contribution in [0.1, 0.15) is 20.2 Å². The second kappa shape index (κ2) is 10.9. The number of ether oxygens (including phenoxy) is 1. The van der Waals surface area contributed by atoms with Gasteiger partial charge in [-0.15, -0.1) is 11.3 Å². The van der Waals surface area contributed by atoms with Gasteiger partial charge in [0.25, 0.3) is 11.8 Å². The van der Waals surface area contributed by atoms with Crippen molar-refractivity contribution in [2.24, 2.45) is 0 Å². The molecule has 0 atom stereocenters. The first-order chi connectivity index (χ1) is 16.8. The Labute approximate surface area is 220 Å². The van der Waals surface area contributed by atoms with Gasteiger partial charge in [0, 0.05) is 22.3 Å². The standard InChI is InChI=1S/C24H17Cl2N3O4S2/c1-32-20-12-14(5-7-17(20)28-23(31)21-3-2-10-35-21)27-24(34)29-22(30)19-9-8-18(33-19)15-11-13(25)4-6-16(15)26/h2-12H,1H3,(H,28,31)(H2,27,29,30,34). The first kappa shape index (κ1) is 24.7. The molecular formula is C24H17Cl2N3O4S2. The van der Waals surface area contributed by atoms with Gasteiger partial charge in [0.2, 0.25) is 0 Å². The van der Waals surface area contributed by atoms with Gasteiger partial charge < -0.3 is 19.8 Å². The largest absolute Gasteiger partial charge is 0.494 e. The summed E-state index contributed by atoms with van der Waals surface area (Å²) in [4.78, 5) is 25.5. The first-order valence-corrected chi connectivity index (χ1v) is 12.1. The monoisotopic (exact) mass is 545 g/mol. The van der Waals surface area contributed by atoms with Gasteiger partial charge in [-0.05, 0) is 66.1 Å². The topological polar surface area (TPSA) is 92.6 Å². The van der Waals surface area contributed by atoms with E-state index in [-0.39, 0.29) is 16.8 Å². The van der Waals surface area contributed by atoms with Crippen molar-refractivity contribution < 1.29 is 18.7 Å². The molecule has 0 aliphatic rings. The van der Waals surface area contributed by atoms with E-state index in [2.05, 4.69) is 16.0 Å². The van der Waals surface area contributed by atoms with Crippen LogP contribution in [0.25, 0.3) is 11.3 Å². The summed E-state index contributed by atoms with van der Waals surface area (Å²) in [5.41, 5.74) is 1.61. The van der Waals surface area contributed by atoms with Gasteiger partial charge >= 0.3 is 0 Å². The fraction of sp³-hybridized carbons (Fsp3) is 0.0417. The molecule has 2 amide bonds. The van der Waals surface area contributed by atoms with Crippen molar-refractivity contribution >= 4 is 75.1 Å². The third-order valence-corrected chi connectivity index (χ3v) is 6.34. The zero-order valence-corrected chi connectivity index (χ0v) is 21.2. The molecule has 11 heteroatoms. The molecule has 178 valence electrons. The molecule has 4 aromatic rings. The zero-order chi connectivity index (χ0) is 24.9. The van der Waals surface area contributed by atoms with Crippen LogP contribution in [-0.2, 0) is 0 Å². The summed E-state index contributed by atoms with van der Waals surface area (Å²) in [6.45, 7) is 0. The molecule has 0 spiro atoms. The van der Waals surface area contributed by atoms with Gasteiger partial charge in [-0.25, -0.2) is 0 Å². The molecule has 4 rings (SSSR count). The van der Waals surface area contributed by atoms with Crippen LogP contribution in [0.15, 0.2) is 70.5 Å². The molecule has 2 aromatic heterocycles. The van der Waals surface area contributed by atoms with E-state index in [1.807, 2.05) is 5.38 Å². The Morgan fingerprint density at radius 3 is 2.57 bits per heavy atom. The van der Waals surface area contributed by atoms with Gasteiger partial charge in [-0.2, -0.15) is 0 Å². The molecule has 35 heavy (non-hydrogen) atoms. The fourth-order valence-electron chi connectivity index (χ4n) is 3.08. The number of rotatable bonds is 6. The third-order valence-electron chi connectivity index (χ3n) is 4.70. The fourth-order valence-corrected chi connectivity index (χ4v) is 4.29. The molecule has 3 N–H and O–H groups in total. The average Bonchev–Trinajstić information content (AvgIpc) is 3.54. The highest BCUT2D eigenvalue weighted by Gasteiger charge is 2.16. The molecule has 0 aliphatic carbocycles. The number of thiophene rings is 1. The maximum Gasteiger partial charge on any atom is 0.293 e. The number of anilines is 2. The molecule has 2 aromatic carbocycles. The van der Waals surface area contributed by atoms with E-state index in [1.54, 1.807) is 54.6 Å². The molecule has 0 bridgehead atoms. The number of carbonyl (C=O) groups excluding carboxylic acids is 2. The van der Waals surface area contributed by atoms with E-state index in [4.69, 9.17) is 44.6 Å². The first-order valence-electron chi connectivity index (χ1n) is 10.0. The molecule has 0 fully saturated rings. The van der Waals surface area contributed by atoms with Crippen molar-refractivity contribution in [3.05, 3.63) is 86.7 Å². The van der Waals surface area contributed by atoms with Crippen molar-refractivity contribution in [2.75, 3.05) is 17.7 Å². The van der Waals surface area contributed by atoms with Crippen molar-refractivity contribution in [1.82, 2.24) is 5.32 Å². The minimum Gasteiger partial charge on any atom is -0.494 e. The van der Waals surface area contributed by atoms with Crippen LogP contribution in [0.3, 0.4) is 0 Å². The summed E-state index contributed by atoms with van der Waals surface area (Å²) in [7, 11) is 1.49. The second-order valence-corrected chi connectivity index (χ2v) is 9.24. The van der Waals surface area contributed by atoms with Gasteiger partial charge in [0.1, 0.15) is 11.5 Å². The Morgan fingerprint density at radius 2 is 1.83 bits per heavy atom. The minimum atomic E-state index is -0.543. The number of nitrogens with one attached hydrogen (secondary N) is 3. The summed E-state index contributed by atoms with van der Waals surface area (Å²) < 4.78 is 11.0. The van der Waals surface area contributed by atoms with E-state index in [1.165, 1.54) is 24.5 Å². The van der Waals surface area contributed by atoms with Crippen LogP contribution in [-0.4, -0.2) is 24.0 Å². The minimum absolute atomic E-state index is 0.0458. The quantitative estimate of drug-likeness (QED) is 0.233. The van der Waals surface area contributed by atoms with Crippen molar-refractivity contribution in [2.45, 2.75) is 0 Å². The number of hydrogen-bond acceptors (Lipinski definition) is 6. The Bertz CT molecular complexity index is 1400. The zero-order valence-electron chi connectivity index (χ0n) is 18.1. The number of benzene rings is 2. The van der Waals surface area contributed by atoms with Gasteiger partial charge in [0.15, 0.2) is 10.9 Å². The molecular weight excluding hydrogens is 529 g/mol. The number of amides is 2. The lowest BCUT2D eigenvalue weighted by Gasteiger charge is -2.13. The van der Waals surface area contributed by atoms with Crippen molar-refractivity contribution in [3.63, 3.8) is 0 Å². The van der Waals surface area contributed by atoms with E-state index in [0.717, 1.165) is 0 Å². The third kappa shape index (κ3) is 6.01. The van der Waals surface area contributed by atoms with Crippen molar-refractivity contribution in [3.8, 4) is 17.1 Å². The Kier molecular flexibility index (Phi) is 7.72. The molecule has 0 unspecified atom stereocenters. The SMILES string of the molecule is COc1cc(NC(=S)NC(=O)c2ccc(-c3cc(Cl)ccc3Cl)o2)ccc1NC(=O)c1cccs1. The van der Waals surface area contributed by atoms with Gasteiger partial charge in [-0.3, -0.25) is 14.9 Å². The molecule has 0 saturated heterocycles. The highest BCUT2D eigenvalue weighted by atomic mass is 35.5. The molecule has 0 saturated carbocycles. The molecule has 0 aliphatic heterocycles. The maximum absolute atomic E-state index is 12.6. The van der Waals surface area contributed by atoms with E-state index < -0.39 is 5.91 Å². The van der Waals surface area contributed by atoms with Crippen LogP contribution in [0, 0.1) is 0 Å². The summed E-state index contributed by atoms with van der Waals surface area (Å²) in [6, 6.07) is 16.6. The number of hydrogen-bond donors (Lipinski definition) is 3. The molecule has 2 heterocycles. The number of methoxy groups -OCH3 is 1. The van der Waals surface area contributed by atoms with Crippen molar-refractivity contribution in [1.29, 1.82) is 0 Å². The summed E-state index contributed by atoms with van der Waals surface area (Å²) >= 11 is 18.8. The van der Waals surface area contributed by atoms with E-state index in [9.17, 15) is 9.59 Å². The summed E-state index contributed by atoms with van der Waals surface area (Å²) in [5.74, 6) is 0.0799. The predicted molar refractivity (Wildman–Crippen MR) is 143 cm³/mol. The Morgan fingerprint density at radius 1 is 1.00 bits per heavy atom. The second-order valence-electron chi connectivity index (χ2n) is 7.04. The predicted octanol–water partition coefficient (Wildman–Crippen LogP) is 6.70. The van der Waals surface area contributed by atoms with Crippen LogP contribution >= 0.6 is 46.8 Å². The number of carbonyl (C=O) groups is 2. The molecule has 0 radical (unpaired) electrons. The number of thiocarbonyl (C=S) groups is 1. The van der Waals surface area contributed by atoms with Crippen LogP contribution in [0.4, 0.5) is 11.4 Å². The molecule has 7 nitrogen and oxygen atoms in total. The van der Waals surface area contributed by atoms with E-state index in [0.29, 0.717) is 43.4 Å². The number of halogens is 2. The lowest BCUT2D eigenvalue weighted by atomic mass is 10.2. The number of furan rings is 1. The highest BCUT2D eigenvalue weighted by Crippen LogP contribution is 2.32. The lowest BCUT2D eigenvalue weighted by Crippen LogP contribution is -2.33. The summed E-state index contributed by atoms with van der Waals surface area (Å²) in [6.07, 6.45) is 0. The smallest absolute Gasteiger partial charge is 0.293 e. The van der Waals surface area contributed by atoms with Crippen LogP contribution < -0.4 is 20.7 Å². The lowest BCUT2D eigenvalue weighted by molar-refractivity contribution is 0.0950. The average molecular weight is 546 g/mol. The van der Waals surface area contributed by atoms with Gasteiger partial charge in [-0.1, -0.05) is 29.3 Å². The Balaban J connectivity index is 1.40. The normalized spacial score (nSPS) is 10.5. The van der Waals surface area contributed by atoms with Crippen LogP contribution in [0.5, 0.6) is 5.75 Å². The summed E-state index contributed by atoms with van der Waals surface area (Å²) in [5, 5.41) is 11.1.